The Hall–Kier alpha value is -2.31. The van der Waals surface area contributed by atoms with Crippen molar-refractivity contribution in [3.05, 3.63) is 47.5 Å². The summed E-state index contributed by atoms with van der Waals surface area (Å²) in [6.07, 6.45) is 0.311. The quantitative estimate of drug-likeness (QED) is 0.521. The van der Waals surface area contributed by atoms with Gasteiger partial charge in [-0.15, -0.1) is 0 Å². The Morgan fingerprint density at radius 1 is 1.00 bits per heavy atom. The second kappa shape index (κ2) is 6.85. The van der Waals surface area contributed by atoms with E-state index in [0.717, 1.165) is 26.3 Å². The maximum absolute atomic E-state index is 5.81. The van der Waals surface area contributed by atoms with Gasteiger partial charge in [-0.3, -0.25) is 0 Å². The summed E-state index contributed by atoms with van der Waals surface area (Å²) in [5.74, 6) is 0. The third-order valence-corrected chi connectivity index (χ3v) is 4.17. The molecule has 0 amide bonds. The molecular formula is C16H13ClN2O3S. The van der Waals surface area contributed by atoms with Gasteiger partial charge < -0.3 is 13.9 Å². The van der Waals surface area contributed by atoms with Crippen molar-refractivity contribution < 1.29 is 13.9 Å². The van der Waals surface area contributed by atoms with Crippen LogP contribution in [0.4, 0.5) is 0 Å². The average Bonchev–Trinajstić information content (AvgIpc) is 3.17. The first-order valence-corrected chi connectivity index (χ1v) is 7.88. The normalized spacial score (nSPS) is 10.4. The van der Waals surface area contributed by atoms with Gasteiger partial charge in [0.1, 0.15) is 5.52 Å². The van der Waals surface area contributed by atoms with E-state index < -0.39 is 0 Å². The molecule has 5 nitrogen and oxygen atoms in total. The molecule has 7 heteroatoms. The van der Waals surface area contributed by atoms with Crippen molar-refractivity contribution in [1.82, 2.24) is 9.97 Å². The molecule has 2 heterocycles. The second-order valence-electron chi connectivity index (χ2n) is 4.45. The van der Waals surface area contributed by atoms with E-state index >= 15 is 0 Å². The van der Waals surface area contributed by atoms with Crippen LogP contribution in [-0.2, 0) is 0 Å². The Bertz CT molecular complexity index is 902. The van der Waals surface area contributed by atoms with Crippen LogP contribution < -0.4 is 9.47 Å². The van der Waals surface area contributed by atoms with Crippen LogP contribution in [0, 0.1) is 0 Å². The van der Waals surface area contributed by atoms with Crippen LogP contribution in [0.1, 0.15) is 0 Å². The maximum Gasteiger partial charge on any atom is 0.394 e. The van der Waals surface area contributed by atoms with Gasteiger partial charge in [-0.05, 0) is 30.3 Å². The molecule has 0 N–H and O–H groups in total. The fraction of sp³-hybridized carbons (Fsp3) is 0.125. The molecule has 0 saturated carbocycles. The van der Waals surface area contributed by atoms with Crippen molar-refractivity contribution >= 4 is 44.3 Å². The minimum Gasteiger partial charge on any atom is -0.473 e. The average molecular weight is 349 g/mol. The van der Waals surface area contributed by atoms with Gasteiger partial charge in [-0.25, -0.2) is 4.98 Å². The molecular weight excluding hydrogens is 336 g/mol. The van der Waals surface area contributed by atoms with Crippen LogP contribution >= 0.6 is 22.9 Å². The zero-order valence-electron chi connectivity index (χ0n) is 12.4. The van der Waals surface area contributed by atoms with E-state index in [4.69, 9.17) is 25.5 Å². The molecule has 0 atom stereocenters. The standard InChI is InChI=1S/C8H6ClNOS.C8H7NO2/c1-11-8-10-6-3-2-5(9)4-7(6)12-8;1-10-8-9-6-4-2-3-5-7(6)11-8/h2-4H,1H3;2-5H,1H3. The highest BCUT2D eigenvalue weighted by Gasteiger charge is 2.03. The predicted octanol–water partition coefficient (Wildman–Crippen LogP) is 4.79. The summed E-state index contributed by atoms with van der Waals surface area (Å²) in [5.41, 5.74) is 2.51. The third kappa shape index (κ3) is 3.55. The van der Waals surface area contributed by atoms with Crippen LogP contribution in [0.5, 0.6) is 11.3 Å². The molecule has 0 bridgehead atoms. The number of thiazole rings is 1. The molecule has 4 rings (SSSR count). The summed E-state index contributed by atoms with van der Waals surface area (Å²) in [4.78, 5) is 8.25. The van der Waals surface area contributed by atoms with Gasteiger partial charge in [-0.1, -0.05) is 35.1 Å². The van der Waals surface area contributed by atoms with Crippen LogP contribution in [-0.4, -0.2) is 24.2 Å². The summed E-state index contributed by atoms with van der Waals surface area (Å²) in [6, 6.07) is 13.1. The van der Waals surface area contributed by atoms with Crippen LogP contribution in [0.25, 0.3) is 21.3 Å². The number of halogens is 1. The van der Waals surface area contributed by atoms with Crippen molar-refractivity contribution in [3.8, 4) is 11.3 Å². The minimum absolute atomic E-state index is 0.311. The summed E-state index contributed by atoms with van der Waals surface area (Å²) >= 11 is 7.30. The molecule has 0 radical (unpaired) electrons. The zero-order valence-corrected chi connectivity index (χ0v) is 14.0. The van der Waals surface area contributed by atoms with Crippen LogP contribution in [0.2, 0.25) is 5.02 Å². The van der Waals surface area contributed by atoms with Crippen molar-refractivity contribution in [3.63, 3.8) is 0 Å². The summed E-state index contributed by atoms with van der Waals surface area (Å²) in [5, 5.41) is 1.40. The Morgan fingerprint density at radius 3 is 2.57 bits per heavy atom. The molecule has 2 aromatic carbocycles. The minimum atomic E-state index is 0.311. The van der Waals surface area contributed by atoms with E-state index in [1.165, 1.54) is 18.4 Å². The highest BCUT2D eigenvalue weighted by Crippen LogP contribution is 2.29. The lowest BCUT2D eigenvalue weighted by Gasteiger charge is -1.86. The van der Waals surface area contributed by atoms with Crippen molar-refractivity contribution in [1.29, 1.82) is 0 Å². The number of para-hydroxylation sites is 2. The zero-order chi connectivity index (χ0) is 16.2. The van der Waals surface area contributed by atoms with Crippen molar-refractivity contribution in [2.24, 2.45) is 0 Å². The molecule has 0 aliphatic rings. The molecule has 2 aromatic heterocycles. The molecule has 0 fully saturated rings. The van der Waals surface area contributed by atoms with Gasteiger partial charge in [0.25, 0.3) is 5.19 Å². The van der Waals surface area contributed by atoms with Gasteiger partial charge in [0, 0.05) is 5.02 Å². The van der Waals surface area contributed by atoms with E-state index in [2.05, 4.69) is 9.97 Å². The number of ether oxygens (including phenoxy) is 2. The maximum atomic E-state index is 5.81. The SMILES string of the molecule is COc1nc2ccc(Cl)cc2s1.COc1nc2ccccc2o1. The Labute approximate surface area is 141 Å². The number of hydrogen-bond donors (Lipinski definition) is 0. The Morgan fingerprint density at radius 2 is 1.83 bits per heavy atom. The monoisotopic (exact) mass is 348 g/mol. The second-order valence-corrected chi connectivity index (χ2v) is 5.88. The van der Waals surface area contributed by atoms with Crippen molar-refractivity contribution in [2.75, 3.05) is 14.2 Å². The Kier molecular flexibility index (Phi) is 4.64. The lowest BCUT2D eigenvalue weighted by Crippen LogP contribution is -1.79. The fourth-order valence-electron chi connectivity index (χ4n) is 1.90. The van der Waals surface area contributed by atoms with E-state index in [0.29, 0.717) is 11.3 Å². The number of benzene rings is 2. The van der Waals surface area contributed by atoms with Gasteiger partial charge in [0.05, 0.1) is 24.4 Å². The lowest BCUT2D eigenvalue weighted by molar-refractivity contribution is 0.299. The van der Waals surface area contributed by atoms with Crippen LogP contribution in [0.3, 0.4) is 0 Å². The summed E-state index contributed by atoms with van der Waals surface area (Å²) in [6.45, 7) is 0. The lowest BCUT2D eigenvalue weighted by atomic mass is 10.3. The largest absolute Gasteiger partial charge is 0.473 e. The first kappa shape index (κ1) is 15.6. The van der Waals surface area contributed by atoms with Gasteiger partial charge in [0.15, 0.2) is 5.58 Å². The molecule has 0 spiro atoms. The fourth-order valence-corrected chi connectivity index (χ4v) is 2.96. The number of aromatic nitrogens is 2. The number of oxazole rings is 1. The molecule has 0 saturated heterocycles. The molecule has 0 aliphatic carbocycles. The molecule has 118 valence electrons. The van der Waals surface area contributed by atoms with E-state index in [9.17, 15) is 0 Å². The topological polar surface area (TPSA) is 57.4 Å². The molecule has 23 heavy (non-hydrogen) atoms. The molecule has 0 unspecified atom stereocenters. The number of hydrogen-bond acceptors (Lipinski definition) is 6. The van der Waals surface area contributed by atoms with E-state index in [-0.39, 0.29) is 0 Å². The van der Waals surface area contributed by atoms with E-state index in [1.807, 2.05) is 42.5 Å². The highest BCUT2D eigenvalue weighted by molar-refractivity contribution is 7.20. The first-order valence-electron chi connectivity index (χ1n) is 6.69. The number of methoxy groups -OCH3 is 2. The van der Waals surface area contributed by atoms with Gasteiger partial charge in [-0.2, -0.15) is 4.98 Å². The van der Waals surface area contributed by atoms with Gasteiger partial charge >= 0.3 is 6.08 Å². The molecule has 4 aromatic rings. The number of nitrogens with zero attached hydrogens (tertiary/aromatic N) is 2. The summed E-state index contributed by atoms with van der Waals surface area (Å²) < 4.78 is 16.1. The number of rotatable bonds is 2. The van der Waals surface area contributed by atoms with E-state index in [1.54, 1.807) is 7.11 Å². The first-order chi connectivity index (χ1) is 11.2. The highest BCUT2D eigenvalue weighted by atomic mass is 35.5. The summed E-state index contributed by atoms with van der Waals surface area (Å²) in [7, 11) is 3.14. The third-order valence-electron chi connectivity index (χ3n) is 2.95. The van der Waals surface area contributed by atoms with Crippen molar-refractivity contribution in [2.45, 2.75) is 0 Å². The Balaban J connectivity index is 0.000000136. The van der Waals surface area contributed by atoms with Crippen LogP contribution in [0.15, 0.2) is 46.9 Å². The number of fused-ring (bicyclic) bond motifs is 2. The predicted molar refractivity (Wildman–Crippen MR) is 91.7 cm³/mol. The smallest absolute Gasteiger partial charge is 0.394 e. The van der Waals surface area contributed by atoms with Gasteiger partial charge in [0.2, 0.25) is 0 Å². The molecule has 0 aliphatic heterocycles.